The zero-order chi connectivity index (χ0) is 15.4. The summed E-state index contributed by atoms with van der Waals surface area (Å²) < 4.78 is 0. The number of nitrogens with zero attached hydrogens (tertiary/aromatic N) is 3. The molecule has 0 saturated carbocycles. The van der Waals surface area contributed by atoms with Gasteiger partial charge in [-0.25, -0.2) is 0 Å². The largest absolute Gasteiger partial charge is 0.368 e. The molecule has 116 valence electrons. The molecule has 0 aromatic carbocycles. The third-order valence-electron chi connectivity index (χ3n) is 4.24. The van der Waals surface area contributed by atoms with Gasteiger partial charge in [-0.15, -0.1) is 5.10 Å². The number of anilines is 1. The molecule has 0 bridgehead atoms. The highest BCUT2D eigenvalue weighted by Crippen LogP contribution is 2.29. The molecule has 2 rings (SSSR count). The minimum atomic E-state index is -0.296. The van der Waals surface area contributed by atoms with Crippen molar-refractivity contribution in [3.8, 4) is 0 Å². The summed E-state index contributed by atoms with van der Waals surface area (Å²) in [6, 6.07) is -0.296. The number of hydrogen-bond donors (Lipinski definition) is 2. The highest BCUT2D eigenvalue weighted by atomic mass is 16.1. The van der Waals surface area contributed by atoms with Crippen molar-refractivity contribution in [2.24, 2.45) is 11.5 Å². The summed E-state index contributed by atoms with van der Waals surface area (Å²) in [5.41, 5.74) is 14.7. The second-order valence-electron chi connectivity index (χ2n) is 5.45. The van der Waals surface area contributed by atoms with Gasteiger partial charge in [0, 0.05) is 18.7 Å². The summed E-state index contributed by atoms with van der Waals surface area (Å²) in [7, 11) is 0. The number of primary amides is 1. The van der Waals surface area contributed by atoms with Crippen LogP contribution in [0.25, 0.3) is 0 Å². The number of carbonyl (C=O) groups excluding carboxylic acids is 1. The van der Waals surface area contributed by atoms with E-state index in [1.165, 1.54) is 5.56 Å². The molecule has 1 atom stereocenters. The van der Waals surface area contributed by atoms with Crippen LogP contribution in [0, 0.1) is 0 Å². The van der Waals surface area contributed by atoms with Crippen LogP contribution in [-0.2, 0) is 24.2 Å². The predicted octanol–water partition coefficient (Wildman–Crippen LogP) is 0.904. The monoisotopic (exact) mass is 291 g/mol. The van der Waals surface area contributed by atoms with Gasteiger partial charge in [0.15, 0.2) is 5.82 Å². The topological polar surface area (TPSA) is 98.1 Å². The number of amides is 1. The molecule has 0 radical (unpaired) electrons. The van der Waals surface area contributed by atoms with Crippen molar-refractivity contribution < 1.29 is 4.79 Å². The minimum absolute atomic E-state index is 0.294. The highest BCUT2D eigenvalue weighted by Gasteiger charge is 2.30. The van der Waals surface area contributed by atoms with E-state index in [1.54, 1.807) is 0 Å². The molecule has 4 N–H and O–H groups in total. The summed E-state index contributed by atoms with van der Waals surface area (Å²) >= 11 is 0. The van der Waals surface area contributed by atoms with Crippen LogP contribution < -0.4 is 16.4 Å². The van der Waals surface area contributed by atoms with E-state index >= 15 is 0 Å². The van der Waals surface area contributed by atoms with E-state index in [1.807, 2.05) is 4.90 Å². The molecular formula is C15H25N5O. The van der Waals surface area contributed by atoms with Crippen molar-refractivity contribution in [2.45, 2.75) is 58.5 Å². The first-order chi connectivity index (χ1) is 10.1. The Kier molecular flexibility index (Phi) is 5.12. The predicted molar refractivity (Wildman–Crippen MR) is 82.9 cm³/mol. The summed E-state index contributed by atoms with van der Waals surface area (Å²) in [6.45, 7) is 5.35. The van der Waals surface area contributed by atoms with Crippen molar-refractivity contribution in [1.82, 2.24) is 10.2 Å². The van der Waals surface area contributed by atoms with E-state index in [0.29, 0.717) is 6.54 Å². The van der Waals surface area contributed by atoms with Gasteiger partial charge in [0.2, 0.25) is 5.91 Å². The van der Waals surface area contributed by atoms with Crippen molar-refractivity contribution in [2.75, 3.05) is 11.4 Å². The lowest BCUT2D eigenvalue weighted by molar-refractivity contribution is -0.119. The lowest BCUT2D eigenvalue weighted by Crippen LogP contribution is -2.48. The Morgan fingerprint density at radius 1 is 1.24 bits per heavy atom. The Morgan fingerprint density at radius 2 is 2.00 bits per heavy atom. The average Bonchev–Trinajstić information content (AvgIpc) is 2.53. The average molecular weight is 291 g/mol. The summed E-state index contributed by atoms with van der Waals surface area (Å²) in [6.07, 6.45) is 4.53. The van der Waals surface area contributed by atoms with E-state index in [2.05, 4.69) is 24.0 Å². The lowest BCUT2D eigenvalue weighted by atomic mass is 9.98. The number of carbonyl (C=O) groups is 1. The zero-order valence-electron chi connectivity index (χ0n) is 12.9. The fraction of sp³-hybridized carbons (Fsp3) is 0.667. The Morgan fingerprint density at radius 3 is 2.57 bits per heavy atom. The van der Waals surface area contributed by atoms with Gasteiger partial charge in [0.25, 0.3) is 0 Å². The Labute approximate surface area is 125 Å². The van der Waals surface area contributed by atoms with Crippen LogP contribution >= 0.6 is 0 Å². The van der Waals surface area contributed by atoms with Crippen LogP contribution in [-0.4, -0.2) is 28.7 Å². The van der Waals surface area contributed by atoms with Gasteiger partial charge < -0.3 is 16.4 Å². The first-order valence-corrected chi connectivity index (χ1v) is 7.77. The van der Waals surface area contributed by atoms with Crippen LogP contribution in [0.1, 0.15) is 49.9 Å². The van der Waals surface area contributed by atoms with Gasteiger partial charge in [0.05, 0.1) is 5.69 Å². The van der Waals surface area contributed by atoms with Crippen LogP contribution in [0.2, 0.25) is 0 Å². The van der Waals surface area contributed by atoms with Crippen LogP contribution in [0.15, 0.2) is 0 Å². The Bertz CT molecular complexity index is 517. The van der Waals surface area contributed by atoms with Crippen LogP contribution in [0.4, 0.5) is 5.82 Å². The zero-order valence-corrected chi connectivity index (χ0v) is 12.9. The number of hydrogen-bond acceptors (Lipinski definition) is 5. The second-order valence-corrected chi connectivity index (χ2v) is 5.45. The molecule has 21 heavy (non-hydrogen) atoms. The number of aryl methyl sites for hydroxylation is 1. The molecule has 0 aliphatic carbocycles. The first kappa shape index (κ1) is 15.7. The lowest BCUT2D eigenvalue weighted by Gasteiger charge is -2.35. The molecular weight excluding hydrogens is 266 g/mol. The van der Waals surface area contributed by atoms with Gasteiger partial charge in [0.1, 0.15) is 6.04 Å². The van der Waals surface area contributed by atoms with Crippen molar-refractivity contribution in [3.05, 3.63) is 16.8 Å². The number of nitrogens with two attached hydrogens (primary N) is 2. The van der Waals surface area contributed by atoms with E-state index in [9.17, 15) is 4.79 Å². The number of piperidine rings is 1. The molecule has 1 aliphatic rings. The maximum absolute atomic E-state index is 11.7. The van der Waals surface area contributed by atoms with Crippen molar-refractivity contribution in [3.63, 3.8) is 0 Å². The highest BCUT2D eigenvalue weighted by molar-refractivity contribution is 5.83. The fourth-order valence-corrected chi connectivity index (χ4v) is 3.17. The van der Waals surface area contributed by atoms with Crippen LogP contribution in [0.5, 0.6) is 0 Å². The van der Waals surface area contributed by atoms with E-state index < -0.39 is 0 Å². The van der Waals surface area contributed by atoms with Crippen LogP contribution in [0.3, 0.4) is 0 Å². The molecule has 1 amide bonds. The van der Waals surface area contributed by atoms with Gasteiger partial charge >= 0.3 is 0 Å². The Hall–Kier alpha value is -1.69. The summed E-state index contributed by atoms with van der Waals surface area (Å²) in [5.74, 6) is 0.451. The number of rotatable bonds is 5. The molecule has 1 aromatic heterocycles. The molecule has 6 nitrogen and oxygen atoms in total. The quantitative estimate of drug-likeness (QED) is 0.840. The van der Waals surface area contributed by atoms with Crippen molar-refractivity contribution >= 4 is 11.7 Å². The molecule has 0 spiro atoms. The molecule has 2 heterocycles. The van der Waals surface area contributed by atoms with Crippen molar-refractivity contribution in [1.29, 1.82) is 0 Å². The maximum Gasteiger partial charge on any atom is 0.240 e. The van der Waals surface area contributed by atoms with E-state index in [4.69, 9.17) is 11.5 Å². The molecule has 1 saturated heterocycles. The SMILES string of the molecule is CCc1nnc(N2CCCCC2C(N)=O)c(CN)c1CC. The van der Waals surface area contributed by atoms with E-state index in [-0.39, 0.29) is 11.9 Å². The van der Waals surface area contributed by atoms with E-state index in [0.717, 1.165) is 55.7 Å². The third-order valence-corrected chi connectivity index (χ3v) is 4.24. The third kappa shape index (κ3) is 3.00. The normalized spacial score (nSPS) is 18.8. The maximum atomic E-state index is 11.7. The first-order valence-electron chi connectivity index (χ1n) is 7.77. The van der Waals surface area contributed by atoms with Gasteiger partial charge in [-0.3, -0.25) is 4.79 Å². The standard InChI is InChI=1S/C15H25N5O/c1-3-10-11(9-16)15(19-18-12(10)4-2)20-8-6-5-7-13(20)14(17)21/h13H,3-9,16H2,1-2H3,(H2,17,21). The summed E-state index contributed by atoms with van der Waals surface area (Å²) in [4.78, 5) is 13.7. The second kappa shape index (κ2) is 6.85. The molecule has 1 aromatic rings. The fourth-order valence-electron chi connectivity index (χ4n) is 3.17. The smallest absolute Gasteiger partial charge is 0.240 e. The van der Waals surface area contributed by atoms with Gasteiger partial charge in [-0.1, -0.05) is 13.8 Å². The molecule has 1 fully saturated rings. The Balaban J connectivity index is 2.49. The molecule has 1 unspecified atom stereocenters. The number of aromatic nitrogens is 2. The minimum Gasteiger partial charge on any atom is -0.368 e. The molecule has 6 heteroatoms. The summed E-state index contributed by atoms with van der Waals surface area (Å²) in [5, 5.41) is 8.72. The van der Waals surface area contributed by atoms with Gasteiger partial charge in [-0.05, 0) is 37.7 Å². The molecule has 1 aliphatic heterocycles. The van der Waals surface area contributed by atoms with Gasteiger partial charge in [-0.2, -0.15) is 5.10 Å².